The molecule has 0 bridgehead atoms. The highest BCUT2D eigenvalue weighted by Crippen LogP contribution is 2.39. The van der Waals surface area contributed by atoms with Crippen LogP contribution in [0.4, 0.5) is 0 Å². The molecule has 0 unspecified atom stereocenters. The Morgan fingerprint density at radius 1 is 1.22 bits per heavy atom. The second-order valence-corrected chi connectivity index (χ2v) is 5.36. The van der Waals surface area contributed by atoms with Crippen molar-refractivity contribution in [2.75, 3.05) is 13.2 Å². The quantitative estimate of drug-likeness (QED) is 0.585. The molecule has 0 amide bonds. The molecule has 0 aliphatic carbocycles. The lowest BCUT2D eigenvalue weighted by Crippen LogP contribution is -2.49. The maximum Gasteiger partial charge on any atom is 0.358 e. The van der Waals surface area contributed by atoms with Gasteiger partial charge in [-0.05, 0) is 32.0 Å². The number of fused-ring (bicyclic) bond motifs is 1. The zero-order valence-corrected chi connectivity index (χ0v) is 13.6. The van der Waals surface area contributed by atoms with Crippen LogP contribution in [0.25, 0.3) is 0 Å². The fourth-order valence-corrected chi connectivity index (χ4v) is 2.55. The van der Waals surface area contributed by atoms with Crippen molar-refractivity contribution < 1.29 is 28.6 Å². The Morgan fingerprint density at radius 2 is 1.91 bits per heavy atom. The highest BCUT2D eigenvalue weighted by molar-refractivity contribution is 6.31. The van der Waals surface area contributed by atoms with E-state index >= 15 is 0 Å². The number of carbonyl (C=O) groups is 3. The van der Waals surface area contributed by atoms with Crippen molar-refractivity contribution in [1.29, 1.82) is 0 Å². The molecular formula is C16H17ClO6. The van der Waals surface area contributed by atoms with E-state index in [9.17, 15) is 14.4 Å². The second-order valence-electron chi connectivity index (χ2n) is 4.92. The van der Waals surface area contributed by atoms with Crippen molar-refractivity contribution in [3.05, 3.63) is 28.8 Å². The van der Waals surface area contributed by atoms with Gasteiger partial charge in [-0.15, -0.1) is 0 Å². The number of hydrogen-bond donors (Lipinski definition) is 0. The standard InChI is InChI=1S/C16H17ClO6/c1-3-21-13(18)7-8-16(15(20)22-4-2)14(19)11-9-10(17)5-6-12(11)23-16/h5-6,9H,3-4,7-8H2,1-2H3/t16-/m0/s1. The number of carbonyl (C=O) groups excluding carboxylic acids is 3. The van der Waals surface area contributed by atoms with Crippen molar-refractivity contribution in [2.45, 2.75) is 32.3 Å². The Labute approximate surface area is 138 Å². The zero-order valence-electron chi connectivity index (χ0n) is 12.9. The van der Waals surface area contributed by atoms with Crippen LogP contribution < -0.4 is 4.74 Å². The molecule has 124 valence electrons. The minimum atomic E-state index is -1.87. The van der Waals surface area contributed by atoms with Gasteiger partial charge in [-0.2, -0.15) is 0 Å². The Kier molecular flexibility index (Phi) is 5.26. The van der Waals surface area contributed by atoms with Gasteiger partial charge in [0.25, 0.3) is 5.60 Å². The van der Waals surface area contributed by atoms with Crippen molar-refractivity contribution in [3.63, 3.8) is 0 Å². The van der Waals surface area contributed by atoms with E-state index < -0.39 is 23.3 Å². The van der Waals surface area contributed by atoms with Crippen LogP contribution in [0.2, 0.25) is 5.02 Å². The average Bonchev–Trinajstić information content (AvgIpc) is 2.80. The van der Waals surface area contributed by atoms with Gasteiger partial charge in [0.05, 0.1) is 25.2 Å². The first-order chi connectivity index (χ1) is 10.9. The largest absolute Gasteiger partial charge is 0.466 e. The Hall–Kier alpha value is -2.08. The lowest BCUT2D eigenvalue weighted by atomic mass is 9.90. The first-order valence-electron chi connectivity index (χ1n) is 7.30. The summed E-state index contributed by atoms with van der Waals surface area (Å²) < 4.78 is 15.4. The number of Topliss-reactive ketones (excluding diaryl/α,β-unsaturated/α-hetero) is 1. The molecule has 1 aliphatic heterocycles. The molecular weight excluding hydrogens is 324 g/mol. The van der Waals surface area contributed by atoms with Crippen LogP contribution in [0.5, 0.6) is 5.75 Å². The SMILES string of the molecule is CCOC(=O)CC[C@]1(C(=O)OCC)Oc2ccc(Cl)cc2C1=O. The summed E-state index contributed by atoms with van der Waals surface area (Å²) in [5.41, 5.74) is -1.66. The van der Waals surface area contributed by atoms with Gasteiger partial charge in [0.15, 0.2) is 0 Å². The number of hydrogen-bond acceptors (Lipinski definition) is 6. The van der Waals surface area contributed by atoms with E-state index in [4.69, 9.17) is 25.8 Å². The third-order valence-electron chi connectivity index (χ3n) is 3.43. The van der Waals surface area contributed by atoms with Gasteiger partial charge in [0, 0.05) is 11.4 Å². The molecule has 7 heteroatoms. The minimum absolute atomic E-state index is 0.0910. The second kappa shape index (κ2) is 7.00. The molecule has 0 N–H and O–H groups in total. The summed E-state index contributed by atoms with van der Waals surface area (Å²) in [6.45, 7) is 3.61. The molecule has 0 fully saturated rings. The fourth-order valence-electron chi connectivity index (χ4n) is 2.38. The Balaban J connectivity index is 2.31. The van der Waals surface area contributed by atoms with E-state index in [1.54, 1.807) is 19.9 Å². The molecule has 0 aromatic heterocycles. The van der Waals surface area contributed by atoms with Crippen molar-refractivity contribution in [3.8, 4) is 5.75 Å². The number of rotatable bonds is 6. The van der Waals surface area contributed by atoms with Crippen LogP contribution in [0.15, 0.2) is 18.2 Å². The van der Waals surface area contributed by atoms with Gasteiger partial charge in [0.1, 0.15) is 5.75 Å². The summed E-state index contributed by atoms with van der Waals surface area (Å²) in [6, 6.07) is 4.51. The van der Waals surface area contributed by atoms with Crippen LogP contribution in [-0.4, -0.2) is 36.5 Å². The van der Waals surface area contributed by atoms with Crippen LogP contribution in [0.3, 0.4) is 0 Å². The van der Waals surface area contributed by atoms with Gasteiger partial charge < -0.3 is 14.2 Å². The predicted molar refractivity (Wildman–Crippen MR) is 81.6 cm³/mol. The fraction of sp³-hybridized carbons (Fsp3) is 0.438. The molecule has 0 radical (unpaired) electrons. The average molecular weight is 341 g/mol. The van der Waals surface area contributed by atoms with Gasteiger partial charge in [-0.3, -0.25) is 9.59 Å². The maximum atomic E-state index is 12.7. The highest BCUT2D eigenvalue weighted by Gasteiger charge is 2.55. The summed E-state index contributed by atoms with van der Waals surface area (Å²) in [4.78, 5) is 36.7. The lowest BCUT2D eigenvalue weighted by molar-refractivity contribution is -0.158. The van der Waals surface area contributed by atoms with E-state index in [0.29, 0.717) is 5.02 Å². The molecule has 0 spiro atoms. The van der Waals surface area contributed by atoms with E-state index in [-0.39, 0.29) is 37.4 Å². The highest BCUT2D eigenvalue weighted by atomic mass is 35.5. The number of esters is 2. The molecule has 1 aromatic rings. The van der Waals surface area contributed by atoms with Crippen LogP contribution in [-0.2, 0) is 19.1 Å². The van der Waals surface area contributed by atoms with E-state index in [0.717, 1.165) is 0 Å². The van der Waals surface area contributed by atoms with Gasteiger partial charge >= 0.3 is 11.9 Å². The van der Waals surface area contributed by atoms with Crippen LogP contribution in [0.1, 0.15) is 37.0 Å². The van der Waals surface area contributed by atoms with Gasteiger partial charge in [-0.25, -0.2) is 4.79 Å². The third kappa shape index (κ3) is 3.32. The molecule has 1 aromatic carbocycles. The molecule has 1 aliphatic rings. The molecule has 1 atom stereocenters. The van der Waals surface area contributed by atoms with E-state index in [1.807, 2.05) is 0 Å². The molecule has 2 rings (SSSR count). The van der Waals surface area contributed by atoms with Crippen LogP contribution in [0, 0.1) is 0 Å². The van der Waals surface area contributed by atoms with E-state index in [2.05, 4.69) is 0 Å². The third-order valence-corrected chi connectivity index (χ3v) is 3.66. The van der Waals surface area contributed by atoms with Crippen molar-refractivity contribution >= 4 is 29.3 Å². The van der Waals surface area contributed by atoms with Crippen molar-refractivity contribution in [2.24, 2.45) is 0 Å². The number of ketones is 1. The summed E-state index contributed by atoms with van der Waals surface area (Å²) in [7, 11) is 0. The lowest BCUT2D eigenvalue weighted by Gasteiger charge is -2.24. The van der Waals surface area contributed by atoms with Crippen molar-refractivity contribution in [1.82, 2.24) is 0 Å². The summed E-state index contributed by atoms with van der Waals surface area (Å²) >= 11 is 5.89. The summed E-state index contributed by atoms with van der Waals surface area (Å²) in [5.74, 6) is -1.64. The molecule has 23 heavy (non-hydrogen) atoms. The summed E-state index contributed by atoms with van der Waals surface area (Å²) in [6.07, 6.45) is -0.296. The normalized spacial score (nSPS) is 19.0. The predicted octanol–water partition coefficient (Wildman–Crippen LogP) is 2.56. The van der Waals surface area contributed by atoms with Gasteiger partial charge in [-0.1, -0.05) is 11.6 Å². The molecule has 0 saturated carbocycles. The Bertz CT molecular complexity index is 641. The minimum Gasteiger partial charge on any atom is -0.466 e. The first kappa shape index (κ1) is 17.3. The first-order valence-corrected chi connectivity index (χ1v) is 7.68. The monoisotopic (exact) mass is 340 g/mol. The molecule has 6 nitrogen and oxygen atoms in total. The topological polar surface area (TPSA) is 78.9 Å². The maximum absolute atomic E-state index is 12.7. The van der Waals surface area contributed by atoms with E-state index in [1.165, 1.54) is 12.1 Å². The Morgan fingerprint density at radius 3 is 2.57 bits per heavy atom. The number of ether oxygens (including phenoxy) is 3. The molecule has 1 heterocycles. The number of benzene rings is 1. The number of halogens is 1. The smallest absolute Gasteiger partial charge is 0.358 e. The molecule has 0 saturated heterocycles. The van der Waals surface area contributed by atoms with Crippen LogP contribution >= 0.6 is 11.6 Å². The zero-order chi connectivity index (χ0) is 17.0. The van der Waals surface area contributed by atoms with Gasteiger partial charge in [0.2, 0.25) is 5.78 Å². The summed E-state index contributed by atoms with van der Waals surface area (Å²) in [5, 5.41) is 0.353.